The molecule has 2 fully saturated rings. The molecule has 1 saturated carbocycles. The fourth-order valence-corrected chi connectivity index (χ4v) is 4.26. The third-order valence-corrected chi connectivity index (χ3v) is 6.28. The number of anilines is 1. The van der Waals surface area contributed by atoms with Crippen LogP contribution in [0, 0.1) is 5.41 Å². The summed E-state index contributed by atoms with van der Waals surface area (Å²) >= 11 is 6.10. The first-order valence-corrected chi connectivity index (χ1v) is 9.98. The summed E-state index contributed by atoms with van der Waals surface area (Å²) in [6.07, 6.45) is 0.628. The van der Waals surface area contributed by atoms with Gasteiger partial charge in [-0.05, 0) is 25.0 Å². The van der Waals surface area contributed by atoms with E-state index in [1.807, 2.05) is 6.92 Å². The highest BCUT2D eigenvalue weighted by atomic mass is 35.5. The number of carbonyl (C=O) groups excluding carboxylic acids is 1. The lowest BCUT2D eigenvalue weighted by Crippen LogP contribution is -2.42. The molecule has 1 saturated heterocycles. The quantitative estimate of drug-likeness (QED) is 0.630. The lowest BCUT2D eigenvalue weighted by atomic mass is 10.1. The highest BCUT2D eigenvalue weighted by Crippen LogP contribution is 2.65. The second-order valence-electron chi connectivity index (χ2n) is 7.82. The van der Waals surface area contributed by atoms with E-state index in [0.717, 1.165) is 0 Å². The summed E-state index contributed by atoms with van der Waals surface area (Å²) in [4.78, 5) is 14.4. The fourth-order valence-electron chi connectivity index (χ4n) is 4.06. The third kappa shape index (κ3) is 2.91. The molecule has 3 aromatic rings. The van der Waals surface area contributed by atoms with E-state index in [0.29, 0.717) is 41.0 Å². The molecule has 2 N–H and O–H groups in total. The van der Waals surface area contributed by atoms with Crippen LogP contribution >= 0.6 is 11.6 Å². The molecular weight excluding hydrogens is 420 g/mol. The summed E-state index contributed by atoms with van der Waals surface area (Å²) in [5.41, 5.74) is 0.560. The lowest BCUT2D eigenvalue weighted by molar-refractivity contribution is -0.131. The Kier molecular flexibility index (Phi) is 4.21. The van der Waals surface area contributed by atoms with Crippen molar-refractivity contribution >= 4 is 34.6 Å². The molecule has 3 heterocycles. The van der Waals surface area contributed by atoms with Crippen molar-refractivity contribution in [2.24, 2.45) is 5.41 Å². The molecule has 2 aromatic heterocycles. The molecule has 0 radical (unpaired) electrons. The van der Waals surface area contributed by atoms with E-state index in [2.05, 4.69) is 30.9 Å². The number of nitrogens with one attached hydrogen (secondary N) is 2. The zero-order valence-electron chi connectivity index (χ0n) is 16.0. The summed E-state index contributed by atoms with van der Waals surface area (Å²) in [7, 11) is 0. The van der Waals surface area contributed by atoms with Gasteiger partial charge < -0.3 is 14.6 Å². The summed E-state index contributed by atoms with van der Waals surface area (Å²) in [6.45, 7) is 2.24. The Balaban J connectivity index is 1.32. The van der Waals surface area contributed by atoms with Crippen molar-refractivity contribution in [2.45, 2.75) is 38.2 Å². The smallest absolute Gasteiger partial charge is 0.316 e. The minimum Gasteiger partial charge on any atom is -0.403 e. The third-order valence-electron chi connectivity index (χ3n) is 5.98. The monoisotopic (exact) mass is 437 g/mol. The molecule has 0 bridgehead atoms. The SMILES string of the molecule is CC[C@@H](Nc1nnc(-c2ccc(Cl)c3nn[nH]c23)o1)C(=O)N1CC[C@]2(C1)CC2(F)F. The molecule has 9 nitrogen and oxygen atoms in total. The number of carbonyl (C=O) groups is 1. The van der Waals surface area contributed by atoms with Crippen LogP contribution in [0.5, 0.6) is 0 Å². The van der Waals surface area contributed by atoms with Crippen molar-refractivity contribution < 1.29 is 18.0 Å². The molecule has 30 heavy (non-hydrogen) atoms. The molecular formula is C18H18ClF2N7O2. The Labute approximate surface area is 174 Å². The first-order chi connectivity index (χ1) is 14.3. The molecule has 2 aliphatic rings. The molecule has 1 amide bonds. The number of likely N-dealkylation sites (tertiary alicyclic amines) is 1. The molecule has 0 unspecified atom stereocenters. The predicted molar refractivity (Wildman–Crippen MR) is 103 cm³/mol. The summed E-state index contributed by atoms with van der Waals surface area (Å²) in [5.74, 6) is -2.71. The second kappa shape index (κ2) is 6.59. The highest BCUT2D eigenvalue weighted by Gasteiger charge is 2.73. The van der Waals surface area contributed by atoms with Gasteiger partial charge in [-0.1, -0.05) is 28.8 Å². The maximum absolute atomic E-state index is 13.6. The summed E-state index contributed by atoms with van der Waals surface area (Å²) < 4.78 is 32.9. The molecule has 158 valence electrons. The summed E-state index contributed by atoms with van der Waals surface area (Å²) in [6, 6.07) is 2.75. The number of halogens is 3. The van der Waals surface area contributed by atoms with Gasteiger partial charge in [-0.25, -0.2) is 8.78 Å². The Morgan fingerprint density at radius 3 is 2.90 bits per heavy atom. The maximum atomic E-state index is 13.6. The van der Waals surface area contributed by atoms with E-state index < -0.39 is 17.4 Å². The van der Waals surface area contributed by atoms with Gasteiger partial charge in [-0.3, -0.25) is 9.89 Å². The summed E-state index contributed by atoms with van der Waals surface area (Å²) in [5, 5.41) is 21.8. The number of hydrogen-bond acceptors (Lipinski definition) is 7. The van der Waals surface area contributed by atoms with Gasteiger partial charge in [-0.2, -0.15) is 0 Å². The van der Waals surface area contributed by atoms with Gasteiger partial charge in [0.25, 0.3) is 11.8 Å². The number of benzene rings is 1. The van der Waals surface area contributed by atoms with Crippen molar-refractivity contribution in [3.63, 3.8) is 0 Å². The maximum Gasteiger partial charge on any atom is 0.316 e. The lowest BCUT2D eigenvalue weighted by Gasteiger charge is -2.22. The minimum atomic E-state index is -2.66. The molecule has 1 aromatic carbocycles. The van der Waals surface area contributed by atoms with Crippen LogP contribution in [0.1, 0.15) is 26.2 Å². The Morgan fingerprint density at radius 1 is 1.40 bits per heavy atom. The normalized spacial score (nSPS) is 23.3. The van der Waals surface area contributed by atoms with E-state index in [-0.39, 0.29) is 30.8 Å². The number of aromatic amines is 1. The molecule has 1 aliphatic heterocycles. The zero-order valence-corrected chi connectivity index (χ0v) is 16.7. The van der Waals surface area contributed by atoms with Gasteiger partial charge in [0.15, 0.2) is 0 Å². The van der Waals surface area contributed by atoms with Gasteiger partial charge in [-0.15, -0.1) is 10.2 Å². The van der Waals surface area contributed by atoms with Crippen molar-refractivity contribution in [3.8, 4) is 11.5 Å². The van der Waals surface area contributed by atoms with Gasteiger partial charge >= 0.3 is 6.01 Å². The first kappa shape index (κ1) is 19.2. The minimum absolute atomic E-state index is 0.0615. The second-order valence-corrected chi connectivity index (χ2v) is 8.23. The van der Waals surface area contributed by atoms with Crippen LogP contribution in [-0.4, -0.2) is 61.5 Å². The van der Waals surface area contributed by atoms with Crippen LogP contribution < -0.4 is 5.32 Å². The number of H-pyrrole nitrogens is 1. The Hall–Kier alpha value is -2.82. The number of alkyl halides is 2. The molecule has 12 heteroatoms. The number of rotatable bonds is 5. The van der Waals surface area contributed by atoms with E-state index in [1.165, 1.54) is 4.90 Å². The topological polar surface area (TPSA) is 113 Å². The first-order valence-electron chi connectivity index (χ1n) is 9.60. The highest BCUT2D eigenvalue weighted by molar-refractivity contribution is 6.35. The van der Waals surface area contributed by atoms with E-state index in [9.17, 15) is 13.6 Å². The van der Waals surface area contributed by atoms with Gasteiger partial charge in [0.05, 0.1) is 21.5 Å². The largest absolute Gasteiger partial charge is 0.403 e. The van der Waals surface area contributed by atoms with Crippen molar-refractivity contribution in [1.82, 2.24) is 30.5 Å². The predicted octanol–water partition coefficient (Wildman–Crippen LogP) is 3.11. The van der Waals surface area contributed by atoms with Crippen molar-refractivity contribution in [3.05, 3.63) is 17.2 Å². The van der Waals surface area contributed by atoms with Gasteiger partial charge in [0, 0.05) is 19.5 Å². The van der Waals surface area contributed by atoms with Crippen molar-refractivity contribution in [1.29, 1.82) is 0 Å². The van der Waals surface area contributed by atoms with Crippen LogP contribution in [0.15, 0.2) is 16.5 Å². The van der Waals surface area contributed by atoms with Gasteiger partial charge in [0.2, 0.25) is 5.91 Å². The Bertz CT molecular complexity index is 1130. The van der Waals surface area contributed by atoms with Crippen molar-refractivity contribution in [2.75, 3.05) is 18.4 Å². The van der Waals surface area contributed by atoms with Crippen LogP contribution in [0.2, 0.25) is 5.02 Å². The molecule has 2 atom stereocenters. The number of nitrogens with zero attached hydrogens (tertiary/aromatic N) is 5. The average Bonchev–Trinajstić information content (AvgIpc) is 3.27. The standard InChI is InChI=1S/C18H18ClF2N7O2/c1-2-11(15(29)28-6-5-17(8-28)7-18(17,20)21)22-16-26-25-14(30-16)9-3-4-10(19)13-12(9)23-27-24-13/h3-4,11H,2,5-8H2,1H3,(H,22,26)(H,23,24,27)/t11-,17-/m1/s1. The number of hydrogen-bond donors (Lipinski definition) is 2. The number of fused-ring (bicyclic) bond motifs is 1. The van der Waals surface area contributed by atoms with E-state index >= 15 is 0 Å². The van der Waals surface area contributed by atoms with E-state index in [1.54, 1.807) is 12.1 Å². The molecule has 5 rings (SSSR count). The fraction of sp³-hybridized carbons (Fsp3) is 0.500. The molecule has 1 aliphatic carbocycles. The average molecular weight is 438 g/mol. The number of amides is 1. The van der Waals surface area contributed by atoms with Crippen LogP contribution in [-0.2, 0) is 4.79 Å². The van der Waals surface area contributed by atoms with Crippen LogP contribution in [0.25, 0.3) is 22.5 Å². The van der Waals surface area contributed by atoms with Gasteiger partial charge in [0.1, 0.15) is 11.6 Å². The number of aromatic nitrogens is 5. The van der Waals surface area contributed by atoms with Crippen LogP contribution in [0.4, 0.5) is 14.8 Å². The Morgan fingerprint density at radius 2 is 2.20 bits per heavy atom. The van der Waals surface area contributed by atoms with E-state index in [4.69, 9.17) is 16.0 Å². The zero-order chi connectivity index (χ0) is 21.1. The molecule has 1 spiro atoms. The van der Waals surface area contributed by atoms with Crippen LogP contribution in [0.3, 0.4) is 0 Å².